The fraction of sp³-hybridized carbons (Fsp3) is 0.222. The van der Waals surface area contributed by atoms with Gasteiger partial charge in [0.2, 0.25) is 0 Å². The maximum Gasteiger partial charge on any atom is 0.255 e. The van der Waals surface area contributed by atoms with Gasteiger partial charge >= 0.3 is 0 Å². The van der Waals surface area contributed by atoms with Crippen LogP contribution in [-0.4, -0.2) is 29.6 Å². The monoisotopic (exact) mass is 326 g/mol. The molecule has 2 amide bonds. The topological polar surface area (TPSA) is 87.7 Å². The molecule has 1 aliphatic rings. The Hall–Kier alpha value is -2.86. The van der Waals surface area contributed by atoms with Gasteiger partial charge in [0.05, 0.1) is 5.69 Å². The molecule has 1 heterocycles. The minimum absolute atomic E-state index is 0.118. The Balaban J connectivity index is 1.66. The maximum absolute atomic E-state index is 12.1. The Morgan fingerprint density at radius 2 is 1.88 bits per heavy atom. The van der Waals surface area contributed by atoms with Crippen molar-refractivity contribution in [2.45, 2.75) is 18.9 Å². The van der Waals surface area contributed by atoms with Gasteiger partial charge in [-0.05, 0) is 37.1 Å². The Labute approximate surface area is 139 Å². The van der Waals surface area contributed by atoms with Crippen molar-refractivity contribution < 1.29 is 19.4 Å². The van der Waals surface area contributed by atoms with Crippen LogP contribution >= 0.6 is 0 Å². The third-order valence-electron chi connectivity index (χ3n) is 3.77. The number of hydrogen-bond acceptors (Lipinski definition) is 4. The molecule has 1 unspecified atom stereocenters. The summed E-state index contributed by atoms with van der Waals surface area (Å²) in [7, 11) is 0. The van der Waals surface area contributed by atoms with Crippen LogP contribution in [0.3, 0.4) is 0 Å². The zero-order chi connectivity index (χ0) is 16.9. The van der Waals surface area contributed by atoms with Gasteiger partial charge in [-0.3, -0.25) is 9.59 Å². The van der Waals surface area contributed by atoms with Crippen LogP contribution in [0.1, 0.15) is 23.2 Å². The van der Waals surface area contributed by atoms with E-state index < -0.39 is 6.10 Å². The number of phenolic OH excluding ortho intramolecular Hbond substituents is 1. The van der Waals surface area contributed by atoms with Crippen molar-refractivity contribution in [3.8, 4) is 5.75 Å². The van der Waals surface area contributed by atoms with Crippen molar-refractivity contribution in [1.82, 2.24) is 0 Å². The Bertz CT molecular complexity index is 740. The lowest BCUT2D eigenvalue weighted by Crippen LogP contribution is -2.26. The zero-order valence-electron chi connectivity index (χ0n) is 13.0. The fourth-order valence-electron chi connectivity index (χ4n) is 2.51. The second-order valence-electron chi connectivity index (χ2n) is 5.54. The summed E-state index contributed by atoms with van der Waals surface area (Å²) in [6.45, 7) is 0.578. The van der Waals surface area contributed by atoms with Crippen LogP contribution in [0.15, 0.2) is 48.5 Å². The number of phenols is 1. The summed E-state index contributed by atoms with van der Waals surface area (Å²) < 4.78 is 5.30. The van der Waals surface area contributed by atoms with E-state index in [0.29, 0.717) is 24.3 Å². The Kier molecular flexibility index (Phi) is 4.77. The molecule has 124 valence electrons. The van der Waals surface area contributed by atoms with E-state index in [0.717, 1.165) is 6.42 Å². The first-order valence-electron chi connectivity index (χ1n) is 7.75. The first-order valence-corrected chi connectivity index (χ1v) is 7.75. The quantitative estimate of drug-likeness (QED) is 0.754. The molecule has 0 radical (unpaired) electrons. The number of rotatable bonds is 4. The molecule has 0 bridgehead atoms. The molecule has 1 aliphatic heterocycles. The highest BCUT2D eigenvalue weighted by Gasteiger charge is 2.24. The predicted octanol–water partition coefficient (Wildman–Crippen LogP) is 2.76. The highest BCUT2D eigenvalue weighted by Crippen LogP contribution is 2.28. The van der Waals surface area contributed by atoms with Crippen molar-refractivity contribution in [3.63, 3.8) is 0 Å². The molecular weight excluding hydrogens is 308 g/mol. The van der Waals surface area contributed by atoms with E-state index in [1.165, 1.54) is 6.07 Å². The lowest BCUT2D eigenvalue weighted by atomic mass is 10.2. The minimum Gasteiger partial charge on any atom is -0.506 e. The third kappa shape index (κ3) is 3.72. The van der Waals surface area contributed by atoms with E-state index in [1.807, 2.05) is 6.07 Å². The van der Waals surface area contributed by atoms with Crippen molar-refractivity contribution in [1.29, 1.82) is 0 Å². The SMILES string of the molecule is O=C(Nc1ccc(NC(=O)C2CCCO2)c(O)c1)c1ccccc1. The molecule has 6 heteroatoms. The highest BCUT2D eigenvalue weighted by atomic mass is 16.5. The van der Waals surface area contributed by atoms with Crippen LogP contribution in [0.25, 0.3) is 0 Å². The Morgan fingerprint density at radius 3 is 2.54 bits per heavy atom. The van der Waals surface area contributed by atoms with E-state index in [4.69, 9.17) is 4.74 Å². The number of aromatic hydroxyl groups is 1. The molecular formula is C18H18N2O4. The lowest BCUT2D eigenvalue weighted by molar-refractivity contribution is -0.124. The average molecular weight is 326 g/mol. The first-order chi connectivity index (χ1) is 11.6. The van der Waals surface area contributed by atoms with Gasteiger partial charge in [0.15, 0.2) is 0 Å². The van der Waals surface area contributed by atoms with Crippen LogP contribution in [0.4, 0.5) is 11.4 Å². The molecule has 2 aromatic carbocycles. The van der Waals surface area contributed by atoms with Gasteiger partial charge in [-0.1, -0.05) is 18.2 Å². The van der Waals surface area contributed by atoms with E-state index in [2.05, 4.69) is 10.6 Å². The zero-order valence-corrected chi connectivity index (χ0v) is 13.0. The van der Waals surface area contributed by atoms with Crippen LogP contribution in [0.2, 0.25) is 0 Å². The Morgan fingerprint density at radius 1 is 1.08 bits per heavy atom. The number of hydrogen-bond donors (Lipinski definition) is 3. The summed E-state index contributed by atoms with van der Waals surface area (Å²) in [5.74, 6) is -0.665. The molecule has 1 saturated heterocycles. The van der Waals surface area contributed by atoms with Gasteiger partial charge in [-0.2, -0.15) is 0 Å². The fourth-order valence-corrected chi connectivity index (χ4v) is 2.51. The summed E-state index contributed by atoms with van der Waals surface area (Å²) in [6, 6.07) is 13.3. The van der Waals surface area contributed by atoms with E-state index in [9.17, 15) is 14.7 Å². The largest absolute Gasteiger partial charge is 0.506 e. The molecule has 3 N–H and O–H groups in total. The molecule has 24 heavy (non-hydrogen) atoms. The normalized spacial score (nSPS) is 16.6. The standard InChI is InChI=1S/C18H18N2O4/c21-15-11-13(19-17(22)12-5-2-1-3-6-12)8-9-14(15)20-18(23)16-7-4-10-24-16/h1-3,5-6,8-9,11,16,21H,4,7,10H2,(H,19,22)(H,20,23). The number of ether oxygens (including phenoxy) is 1. The summed E-state index contributed by atoms with van der Waals surface area (Å²) >= 11 is 0. The maximum atomic E-state index is 12.1. The summed E-state index contributed by atoms with van der Waals surface area (Å²) in [6.07, 6.45) is 1.06. The van der Waals surface area contributed by atoms with Gasteiger partial charge in [0, 0.05) is 23.9 Å². The van der Waals surface area contributed by atoms with Crippen molar-refractivity contribution in [2.24, 2.45) is 0 Å². The van der Waals surface area contributed by atoms with Gasteiger partial charge < -0.3 is 20.5 Å². The van der Waals surface area contributed by atoms with Crippen LogP contribution < -0.4 is 10.6 Å². The van der Waals surface area contributed by atoms with Crippen LogP contribution in [-0.2, 0) is 9.53 Å². The summed E-state index contributed by atoms with van der Waals surface area (Å²) in [5.41, 5.74) is 1.25. The second kappa shape index (κ2) is 7.14. The molecule has 3 rings (SSSR count). The second-order valence-corrected chi connectivity index (χ2v) is 5.54. The third-order valence-corrected chi connectivity index (χ3v) is 3.77. The lowest BCUT2D eigenvalue weighted by Gasteiger charge is -2.13. The number of amides is 2. The van der Waals surface area contributed by atoms with E-state index in [-0.39, 0.29) is 23.3 Å². The number of anilines is 2. The molecule has 1 fully saturated rings. The van der Waals surface area contributed by atoms with Crippen molar-refractivity contribution in [3.05, 3.63) is 54.1 Å². The molecule has 1 atom stereocenters. The number of benzene rings is 2. The van der Waals surface area contributed by atoms with E-state index in [1.54, 1.807) is 36.4 Å². The summed E-state index contributed by atoms with van der Waals surface area (Å²) in [4.78, 5) is 24.1. The van der Waals surface area contributed by atoms with Crippen LogP contribution in [0, 0.1) is 0 Å². The van der Waals surface area contributed by atoms with Crippen molar-refractivity contribution >= 4 is 23.2 Å². The summed E-state index contributed by atoms with van der Waals surface area (Å²) in [5, 5.41) is 15.4. The number of carbonyl (C=O) groups is 2. The molecule has 6 nitrogen and oxygen atoms in total. The molecule has 2 aromatic rings. The highest BCUT2D eigenvalue weighted by molar-refractivity contribution is 6.04. The van der Waals surface area contributed by atoms with Gasteiger partial charge in [-0.15, -0.1) is 0 Å². The van der Waals surface area contributed by atoms with E-state index >= 15 is 0 Å². The number of nitrogens with one attached hydrogen (secondary N) is 2. The molecule has 0 aliphatic carbocycles. The first kappa shape index (κ1) is 16.0. The van der Waals surface area contributed by atoms with Crippen molar-refractivity contribution in [2.75, 3.05) is 17.2 Å². The van der Waals surface area contributed by atoms with Gasteiger partial charge in [0.25, 0.3) is 11.8 Å². The molecule has 0 saturated carbocycles. The molecule has 0 aromatic heterocycles. The van der Waals surface area contributed by atoms with Gasteiger partial charge in [0.1, 0.15) is 11.9 Å². The number of carbonyl (C=O) groups excluding carboxylic acids is 2. The predicted molar refractivity (Wildman–Crippen MR) is 90.1 cm³/mol. The molecule has 0 spiro atoms. The minimum atomic E-state index is -0.471. The van der Waals surface area contributed by atoms with Crippen LogP contribution in [0.5, 0.6) is 5.75 Å². The average Bonchev–Trinajstić information content (AvgIpc) is 3.13. The smallest absolute Gasteiger partial charge is 0.255 e. The van der Waals surface area contributed by atoms with Gasteiger partial charge in [-0.25, -0.2) is 0 Å².